The molecule has 0 aliphatic carbocycles. The summed E-state index contributed by atoms with van der Waals surface area (Å²) in [6, 6.07) is 6.43. The zero-order valence-corrected chi connectivity index (χ0v) is 11.9. The molecule has 1 N–H and O–H groups in total. The van der Waals surface area contributed by atoms with Gasteiger partial charge in [0.05, 0.1) is 6.61 Å². The minimum Gasteiger partial charge on any atom is -0.454 e. The highest BCUT2D eigenvalue weighted by atomic mass is 16.7. The number of rotatable bonds is 7. The molecule has 0 amide bonds. The number of nitrogens with one attached hydrogen (secondary N) is 1. The zero-order chi connectivity index (χ0) is 13.7. The van der Waals surface area contributed by atoms with Gasteiger partial charge in [-0.05, 0) is 30.5 Å². The number of hydrogen-bond acceptors (Lipinski definition) is 4. The van der Waals surface area contributed by atoms with Crippen LogP contribution in [0.5, 0.6) is 11.5 Å². The normalized spacial score (nSPS) is 14.9. The predicted octanol–water partition coefficient (Wildman–Crippen LogP) is 2.57. The van der Waals surface area contributed by atoms with Crippen LogP contribution in [0.25, 0.3) is 0 Å². The molecule has 1 heterocycles. The Morgan fingerprint density at radius 3 is 2.79 bits per heavy atom. The molecule has 1 aliphatic rings. The summed E-state index contributed by atoms with van der Waals surface area (Å²) in [7, 11) is 0. The van der Waals surface area contributed by atoms with E-state index >= 15 is 0 Å². The van der Waals surface area contributed by atoms with Crippen molar-refractivity contribution < 1.29 is 14.2 Å². The molecule has 1 aliphatic heterocycles. The van der Waals surface area contributed by atoms with E-state index in [1.54, 1.807) is 0 Å². The van der Waals surface area contributed by atoms with E-state index in [0.29, 0.717) is 18.8 Å². The molecule has 1 unspecified atom stereocenters. The smallest absolute Gasteiger partial charge is 0.231 e. The molecule has 2 rings (SSSR count). The van der Waals surface area contributed by atoms with Crippen molar-refractivity contribution in [2.75, 3.05) is 20.0 Å². The average Bonchev–Trinajstić information content (AvgIpc) is 2.85. The first-order valence-electron chi connectivity index (χ1n) is 6.90. The van der Waals surface area contributed by atoms with E-state index in [-0.39, 0.29) is 0 Å². The quantitative estimate of drug-likeness (QED) is 0.822. The summed E-state index contributed by atoms with van der Waals surface area (Å²) in [4.78, 5) is 0. The van der Waals surface area contributed by atoms with E-state index < -0.39 is 0 Å². The first-order chi connectivity index (χ1) is 9.20. The highest BCUT2D eigenvalue weighted by molar-refractivity contribution is 5.44. The van der Waals surface area contributed by atoms with Gasteiger partial charge in [0.2, 0.25) is 6.79 Å². The molecule has 0 aromatic heterocycles. The summed E-state index contributed by atoms with van der Waals surface area (Å²) in [5.41, 5.74) is 1.20. The number of ether oxygens (including phenoxy) is 3. The summed E-state index contributed by atoms with van der Waals surface area (Å²) >= 11 is 0. The van der Waals surface area contributed by atoms with Gasteiger partial charge in [-0.3, -0.25) is 0 Å². The lowest BCUT2D eigenvalue weighted by Gasteiger charge is -2.22. The molecule has 0 radical (unpaired) electrons. The molecule has 1 aromatic carbocycles. The van der Waals surface area contributed by atoms with Gasteiger partial charge < -0.3 is 19.5 Å². The molecule has 4 heteroatoms. The minimum atomic E-state index is 0.325. The molecule has 0 saturated heterocycles. The summed E-state index contributed by atoms with van der Waals surface area (Å²) in [6.07, 6.45) is 0. The van der Waals surface area contributed by atoms with Crippen LogP contribution >= 0.6 is 0 Å². The zero-order valence-electron chi connectivity index (χ0n) is 11.9. The molecule has 0 fully saturated rings. The van der Waals surface area contributed by atoms with Crippen LogP contribution in [0.1, 0.15) is 26.3 Å². The molecule has 0 saturated carbocycles. The summed E-state index contributed by atoms with van der Waals surface area (Å²) in [5.74, 6) is 2.21. The van der Waals surface area contributed by atoms with Crippen LogP contribution in [0.3, 0.4) is 0 Å². The summed E-state index contributed by atoms with van der Waals surface area (Å²) < 4.78 is 16.2. The predicted molar refractivity (Wildman–Crippen MR) is 74.5 cm³/mol. The Hall–Kier alpha value is -1.26. The van der Waals surface area contributed by atoms with Crippen molar-refractivity contribution in [1.29, 1.82) is 0 Å². The third-order valence-electron chi connectivity index (χ3n) is 3.31. The summed E-state index contributed by atoms with van der Waals surface area (Å²) in [5, 5.41) is 3.54. The van der Waals surface area contributed by atoms with Crippen molar-refractivity contribution in [3.8, 4) is 11.5 Å². The lowest BCUT2D eigenvalue weighted by molar-refractivity contribution is 0.108. The summed E-state index contributed by atoms with van der Waals surface area (Å²) in [6.45, 7) is 9.08. The molecule has 1 atom stereocenters. The first-order valence-corrected chi connectivity index (χ1v) is 6.90. The second kappa shape index (κ2) is 6.78. The Kier molecular flexibility index (Phi) is 5.05. The third kappa shape index (κ3) is 3.85. The molecular weight excluding hydrogens is 242 g/mol. The van der Waals surface area contributed by atoms with Crippen molar-refractivity contribution in [1.82, 2.24) is 5.32 Å². The largest absolute Gasteiger partial charge is 0.454 e. The van der Waals surface area contributed by atoms with E-state index in [9.17, 15) is 0 Å². The molecule has 0 bridgehead atoms. The van der Waals surface area contributed by atoms with Gasteiger partial charge in [0.15, 0.2) is 11.5 Å². The monoisotopic (exact) mass is 265 g/mol. The highest BCUT2D eigenvalue weighted by Gasteiger charge is 2.15. The van der Waals surface area contributed by atoms with Gasteiger partial charge >= 0.3 is 0 Å². The van der Waals surface area contributed by atoms with Crippen molar-refractivity contribution in [2.45, 2.75) is 33.4 Å². The van der Waals surface area contributed by atoms with Crippen molar-refractivity contribution in [3.63, 3.8) is 0 Å². The van der Waals surface area contributed by atoms with Crippen LogP contribution in [0.15, 0.2) is 18.2 Å². The lowest BCUT2D eigenvalue weighted by atomic mass is 10.0. The van der Waals surface area contributed by atoms with E-state index in [1.807, 2.05) is 19.1 Å². The molecule has 19 heavy (non-hydrogen) atoms. The van der Waals surface area contributed by atoms with Crippen LogP contribution in [0.4, 0.5) is 0 Å². The van der Waals surface area contributed by atoms with Crippen LogP contribution in [0, 0.1) is 5.92 Å². The van der Waals surface area contributed by atoms with E-state index in [1.165, 1.54) is 5.56 Å². The second-order valence-corrected chi connectivity index (χ2v) is 5.08. The maximum Gasteiger partial charge on any atom is 0.231 e. The van der Waals surface area contributed by atoms with Crippen LogP contribution < -0.4 is 14.8 Å². The Morgan fingerprint density at radius 2 is 2.05 bits per heavy atom. The van der Waals surface area contributed by atoms with Crippen molar-refractivity contribution in [3.05, 3.63) is 23.8 Å². The SMILES string of the molecule is CCOCC(NCc1ccc2c(c1)OCO2)C(C)C. The van der Waals surface area contributed by atoms with Crippen LogP contribution in [-0.2, 0) is 11.3 Å². The van der Waals surface area contributed by atoms with Gasteiger partial charge in [0.25, 0.3) is 0 Å². The number of hydrogen-bond donors (Lipinski definition) is 1. The van der Waals surface area contributed by atoms with E-state index in [4.69, 9.17) is 14.2 Å². The number of fused-ring (bicyclic) bond motifs is 1. The maximum atomic E-state index is 5.51. The topological polar surface area (TPSA) is 39.7 Å². The van der Waals surface area contributed by atoms with Gasteiger partial charge in [-0.25, -0.2) is 0 Å². The second-order valence-electron chi connectivity index (χ2n) is 5.08. The Labute approximate surface area is 115 Å². The van der Waals surface area contributed by atoms with Gasteiger partial charge in [0, 0.05) is 19.2 Å². The lowest BCUT2D eigenvalue weighted by Crippen LogP contribution is -2.37. The molecule has 0 spiro atoms. The van der Waals surface area contributed by atoms with E-state index in [0.717, 1.165) is 31.3 Å². The van der Waals surface area contributed by atoms with Crippen LogP contribution in [-0.4, -0.2) is 26.0 Å². The van der Waals surface area contributed by atoms with E-state index in [2.05, 4.69) is 25.2 Å². The van der Waals surface area contributed by atoms with Crippen molar-refractivity contribution in [2.24, 2.45) is 5.92 Å². The Bertz CT molecular complexity index is 406. The minimum absolute atomic E-state index is 0.325. The number of benzene rings is 1. The molecule has 4 nitrogen and oxygen atoms in total. The van der Waals surface area contributed by atoms with Gasteiger partial charge in [-0.15, -0.1) is 0 Å². The fourth-order valence-corrected chi connectivity index (χ4v) is 2.03. The van der Waals surface area contributed by atoms with Gasteiger partial charge in [0.1, 0.15) is 0 Å². The average molecular weight is 265 g/mol. The van der Waals surface area contributed by atoms with Gasteiger partial charge in [-0.2, -0.15) is 0 Å². The van der Waals surface area contributed by atoms with Crippen molar-refractivity contribution >= 4 is 0 Å². The van der Waals surface area contributed by atoms with Gasteiger partial charge in [-0.1, -0.05) is 19.9 Å². The highest BCUT2D eigenvalue weighted by Crippen LogP contribution is 2.32. The molecular formula is C15H23NO3. The Morgan fingerprint density at radius 1 is 1.26 bits per heavy atom. The fraction of sp³-hybridized carbons (Fsp3) is 0.600. The first kappa shape index (κ1) is 14.2. The molecule has 106 valence electrons. The fourth-order valence-electron chi connectivity index (χ4n) is 2.03. The standard InChI is InChI=1S/C15H23NO3/c1-4-17-9-13(11(2)3)16-8-12-5-6-14-15(7-12)19-10-18-14/h5-7,11,13,16H,4,8-10H2,1-3H3. The van der Waals surface area contributed by atoms with Crippen LogP contribution in [0.2, 0.25) is 0 Å². The third-order valence-corrected chi connectivity index (χ3v) is 3.31. The maximum absolute atomic E-state index is 5.51. The molecule has 1 aromatic rings. The Balaban J connectivity index is 1.89.